The van der Waals surface area contributed by atoms with Crippen LogP contribution in [0.3, 0.4) is 0 Å². The van der Waals surface area contributed by atoms with E-state index in [1.807, 2.05) is 44.2 Å². The van der Waals surface area contributed by atoms with E-state index in [2.05, 4.69) is 11.4 Å². The van der Waals surface area contributed by atoms with Crippen molar-refractivity contribution in [2.45, 2.75) is 52.0 Å². The van der Waals surface area contributed by atoms with Crippen LogP contribution >= 0.6 is 23.2 Å². The van der Waals surface area contributed by atoms with Gasteiger partial charge in [0.1, 0.15) is 0 Å². The normalized spacial score (nSPS) is 21.0. The fourth-order valence-corrected chi connectivity index (χ4v) is 4.33. The lowest BCUT2D eigenvalue weighted by Crippen LogP contribution is -2.44. The number of carbonyl (C=O) groups excluding carboxylic acids is 1. The molecule has 3 nitrogen and oxygen atoms in total. The van der Waals surface area contributed by atoms with E-state index < -0.39 is 0 Å². The van der Waals surface area contributed by atoms with Gasteiger partial charge in [-0.1, -0.05) is 55.3 Å². The molecule has 0 radical (unpaired) electrons. The second-order valence-electron chi connectivity index (χ2n) is 8.25. The van der Waals surface area contributed by atoms with Crippen LogP contribution < -0.4 is 5.32 Å². The van der Waals surface area contributed by atoms with E-state index in [-0.39, 0.29) is 30.4 Å². The van der Waals surface area contributed by atoms with Gasteiger partial charge >= 0.3 is 0 Å². The molecule has 2 aliphatic carbocycles. The zero-order valence-electron chi connectivity index (χ0n) is 17.1. The van der Waals surface area contributed by atoms with Gasteiger partial charge in [-0.05, 0) is 78.5 Å². The second kappa shape index (κ2) is 9.97. The van der Waals surface area contributed by atoms with Crippen molar-refractivity contribution >= 4 is 34.7 Å². The molecule has 29 heavy (non-hydrogen) atoms. The summed E-state index contributed by atoms with van der Waals surface area (Å²) in [6, 6.07) is 7.67. The first kappa shape index (κ1) is 22.1. The third kappa shape index (κ3) is 5.53. The van der Waals surface area contributed by atoms with E-state index in [0.717, 1.165) is 36.3 Å². The number of nitrogens with one attached hydrogen (secondary N) is 1. The highest BCUT2D eigenvalue weighted by Crippen LogP contribution is 2.41. The minimum absolute atomic E-state index is 0.0313. The maximum atomic E-state index is 12.9. The predicted octanol–water partition coefficient (Wildman–Crippen LogP) is 5.87. The van der Waals surface area contributed by atoms with Gasteiger partial charge in [-0.15, -0.1) is 0 Å². The first-order valence-electron chi connectivity index (χ1n) is 10.3. The highest BCUT2D eigenvalue weighted by molar-refractivity contribution is 6.30. The molecule has 0 aromatic heterocycles. The van der Waals surface area contributed by atoms with Crippen LogP contribution in [0.25, 0.3) is 5.57 Å². The van der Waals surface area contributed by atoms with Crippen molar-refractivity contribution in [3.8, 4) is 0 Å². The lowest BCUT2D eigenvalue weighted by molar-refractivity contribution is -0.126. The highest BCUT2D eigenvalue weighted by atomic mass is 35.5. The van der Waals surface area contributed by atoms with Gasteiger partial charge in [0.05, 0.1) is 12.6 Å². The number of rotatable bonds is 6. The average Bonchev–Trinajstić information content (AvgIpc) is 2.72. The third-order valence-corrected chi connectivity index (χ3v) is 6.50. The highest BCUT2D eigenvalue weighted by Gasteiger charge is 2.30. The summed E-state index contributed by atoms with van der Waals surface area (Å²) in [6.45, 7) is 3.97. The Balaban J connectivity index is 1.89. The molecule has 0 heterocycles. The molecule has 5 heteroatoms. The Bertz CT molecular complexity index is 837. The predicted molar refractivity (Wildman–Crippen MR) is 121 cm³/mol. The van der Waals surface area contributed by atoms with E-state index in [4.69, 9.17) is 23.2 Å². The number of halogens is 2. The lowest BCUT2D eigenvalue weighted by atomic mass is 9.76. The Morgan fingerprint density at radius 1 is 1.10 bits per heavy atom. The Kier molecular flexibility index (Phi) is 7.61. The van der Waals surface area contributed by atoms with E-state index in [9.17, 15) is 9.90 Å². The monoisotopic (exact) mass is 433 g/mol. The topological polar surface area (TPSA) is 49.3 Å². The third-order valence-electron chi connectivity index (χ3n) is 5.94. The zero-order chi connectivity index (χ0) is 21.0. The molecule has 0 saturated heterocycles. The summed E-state index contributed by atoms with van der Waals surface area (Å²) in [5.41, 5.74) is 4.98. The molecular formula is C24H29Cl2NO2. The number of aliphatic hydroxyl groups is 1. The van der Waals surface area contributed by atoms with Crippen molar-refractivity contribution in [3.63, 3.8) is 0 Å². The average molecular weight is 434 g/mol. The molecule has 156 valence electrons. The summed E-state index contributed by atoms with van der Waals surface area (Å²) < 4.78 is 0. The van der Waals surface area contributed by atoms with E-state index in [0.29, 0.717) is 11.4 Å². The van der Waals surface area contributed by atoms with Crippen LogP contribution in [-0.2, 0) is 4.79 Å². The van der Waals surface area contributed by atoms with Crippen LogP contribution in [0.4, 0.5) is 0 Å². The number of hydrogen-bond donors (Lipinski definition) is 2. The molecule has 1 amide bonds. The van der Waals surface area contributed by atoms with E-state index >= 15 is 0 Å². The molecule has 1 aromatic carbocycles. The molecular weight excluding hydrogens is 405 g/mol. The smallest absolute Gasteiger partial charge is 0.223 e. The van der Waals surface area contributed by atoms with Crippen molar-refractivity contribution in [2.75, 3.05) is 6.61 Å². The number of benzene rings is 1. The van der Waals surface area contributed by atoms with Crippen molar-refractivity contribution in [1.29, 1.82) is 0 Å². The van der Waals surface area contributed by atoms with Gasteiger partial charge in [0, 0.05) is 16.0 Å². The molecule has 0 bridgehead atoms. The largest absolute Gasteiger partial charge is 0.394 e. The van der Waals surface area contributed by atoms with Crippen LogP contribution in [0.15, 0.2) is 52.6 Å². The molecule has 2 atom stereocenters. The number of amides is 1. The van der Waals surface area contributed by atoms with Crippen LogP contribution in [0.2, 0.25) is 5.02 Å². The van der Waals surface area contributed by atoms with Gasteiger partial charge in [-0.3, -0.25) is 4.79 Å². The Morgan fingerprint density at radius 3 is 2.41 bits per heavy atom. The van der Waals surface area contributed by atoms with E-state index in [1.165, 1.54) is 16.7 Å². The van der Waals surface area contributed by atoms with Gasteiger partial charge in [-0.25, -0.2) is 0 Å². The molecule has 0 aliphatic heterocycles. The Labute approximate surface area is 183 Å². The standard InChI is InChI=1S/C24H29Cl2NO2/c1-15(2)23(14-28)27-24(29)18-7-12-21(16-3-8-19(25)9-4-16)22(13-18)17-5-10-20(26)11-6-17/h3,5-6,8,10-11,15,18,23,28H,4,7,9,12-14H2,1-2H3,(H,27,29)/t18?,23-/m0/s1. The van der Waals surface area contributed by atoms with Crippen LogP contribution in [-0.4, -0.2) is 23.7 Å². The number of aliphatic hydroxyl groups excluding tert-OH is 1. The first-order chi connectivity index (χ1) is 13.9. The SMILES string of the molecule is CC(C)[C@H](CO)NC(=O)C1CCC(C2=CC=C(Cl)CC2)=C(c2ccc(Cl)cc2)C1. The maximum absolute atomic E-state index is 12.9. The number of carbonyl (C=O) groups is 1. The fraction of sp³-hybridized carbons (Fsp3) is 0.458. The maximum Gasteiger partial charge on any atom is 0.223 e. The van der Waals surface area contributed by atoms with Gasteiger partial charge in [0.15, 0.2) is 0 Å². The van der Waals surface area contributed by atoms with Gasteiger partial charge in [0.25, 0.3) is 0 Å². The Hall–Kier alpha value is -1.55. The minimum atomic E-state index is -0.208. The Morgan fingerprint density at radius 2 is 1.83 bits per heavy atom. The second-order valence-corrected chi connectivity index (χ2v) is 9.17. The summed E-state index contributed by atoms with van der Waals surface area (Å²) >= 11 is 12.3. The van der Waals surface area contributed by atoms with E-state index in [1.54, 1.807) is 0 Å². The van der Waals surface area contributed by atoms with Gasteiger partial charge in [-0.2, -0.15) is 0 Å². The summed E-state index contributed by atoms with van der Waals surface area (Å²) in [5.74, 6) is 0.127. The molecule has 1 aromatic rings. The van der Waals surface area contributed by atoms with Crippen LogP contribution in [0.5, 0.6) is 0 Å². The summed E-state index contributed by atoms with van der Waals surface area (Å²) in [4.78, 5) is 12.9. The molecule has 0 spiro atoms. The zero-order valence-corrected chi connectivity index (χ0v) is 18.6. The lowest BCUT2D eigenvalue weighted by Gasteiger charge is -2.31. The summed E-state index contributed by atoms with van der Waals surface area (Å²) in [6.07, 6.45) is 8.26. The first-order valence-corrected chi connectivity index (χ1v) is 11.1. The molecule has 2 aliphatic rings. The molecule has 3 rings (SSSR count). The van der Waals surface area contributed by atoms with Crippen molar-refractivity contribution in [1.82, 2.24) is 5.32 Å². The van der Waals surface area contributed by atoms with Gasteiger partial charge < -0.3 is 10.4 Å². The molecule has 2 N–H and O–H groups in total. The molecule has 0 saturated carbocycles. The fourth-order valence-electron chi connectivity index (χ4n) is 4.05. The molecule has 1 unspecified atom stereocenters. The number of allylic oxidation sites excluding steroid dienone is 6. The van der Waals surface area contributed by atoms with Crippen LogP contribution in [0, 0.1) is 11.8 Å². The van der Waals surface area contributed by atoms with Crippen molar-refractivity contribution in [3.05, 3.63) is 63.2 Å². The number of hydrogen-bond acceptors (Lipinski definition) is 2. The minimum Gasteiger partial charge on any atom is -0.394 e. The quantitative estimate of drug-likeness (QED) is 0.588. The van der Waals surface area contributed by atoms with Crippen molar-refractivity contribution < 1.29 is 9.90 Å². The summed E-state index contributed by atoms with van der Waals surface area (Å²) in [7, 11) is 0. The molecule has 0 fully saturated rings. The van der Waals surface area contributed by atoms with Crippen LogP contribution in [0.1, 0.15) is 51.5 Å². The van der Waals surface area contributed by atoms with Gasteiger partial charge in [0.2, 0.25) is 5.91 Å². The van der Waals surface area contributed by atoms with Crippen molar-refractivity contribution in [2.24, 2.45) is 11.8 Å². The summed E-state index contributed by atoms with van der Waals surface area (Å²) in [5, 5.41) is 14.2.